The quantitative estimate of drug-likeness (QED) is 0.694. The fraction of sp³-hybridized carbons (Fsp3) is 0.571. The van der Waals surface area contributed by atoms with Gasteiger partial charge in [-0.1, -0.05) is 25.3 Å². The third-order valence-electron chi connectivity index (χ3n) is 3.05. The predicted molar refractivity (Wildman–Crippen MR) is 68.6 cm³/mol. The van der Waals surface area contributed by atoms with Gasteiger partial charge in [-0.3, -0.25) is 0 Å². The van der Waals surface area contributed by atoms with Crippen LogP contribution in [-0.2, 0) is 0 Å². The van der Waals surface area contributed by atoms with Gasteiger partial charge in [0.25, 0.3) is 0 Å². The highest BCUT2D eigenvalue weighted by Crippen LogP contribution is 2.34. The van der Waals surface area contributed by atoms with Crippen molar-refractivity contribution >= 4 is 11.8 Å². The molecule has 15 heavy (non-hydrogen) atoms. The second-order valence-electron chi connectivity index (χ2n) is 4.70. The van der Waals surface area contributed by atoms with E-state index in [1.165, 1.54) is 48.1 Å². The molecule has 0 N–H and O–H groups in total. The van der Waals surface area contributed by atoms with E-state index >= 15 is 0 Å². The van der Waals surface area contributed by atoms with E-state index in [9.17, 15) is 0 Å². The molecule has 1 saturated carbocycles. The molecule has 82 valence electrons. The lowest BCUT2D eigenvalue weighted by Gasteiger charge is -2.21. The Morgan fingerprint density at radius 1 is 0.933 bits per heavy atom. The molecule has 1 fully saturated rings. The van der Waals surface area contributed by atoms with E-state index in [0.717, 1.165) is 5.25 Å². The van der Waals surface area contributed by atoms with Gasteiger partial charge in [-0.15, -0.1) is 11.8 Å². The van der Waals surface area contributed by atoms with Crippen molar-refractivity contribution in [3.8, 4) is 0 Å². The molecule has 0 atom stereocenters. The zero-order chi connectivity index (χ0) is 10.7. The van der Waals surface area contributed by atoms with E-state index in [1.807, 2.05) is 0 Å². The monoisotopic (exact) mass is 220 g/mol. The van der Waals surface area contributed by atoms with Crippen molar-refractivity contribution in [1.29, 1.82) is 0 Å². The minimum absolute atomic E-state index is 0.875. The molecule has 2 rings (SSSR count). The maximum absolute atomic E-state index is 2.33. The van der Waals surface area contributed by atoms with Crippen molar-refractivity contribution in [1.82, 2.24) is 0 Å². The minimum atomic E-state index is 0.875. The van der Waals surface area contributed by atoms with Crippen LogP contribution in [0.25, 0.3) is 0 Å². The molecule has 0 radical (unpaired) electrons. The average Bonchev–Trinajstić information content (AvgIpc) is 2.17. The van der Waals surface area contributed by atoms with Crippen molar-refractivity contribution in [2.75, 3.05) is 0 Å². The first-order valence-corrected chi connectivity index (χ1v) is 6.87. The van der Waals surface area contributed by atoms with Crippen LogP contribution in [0.4, 0.5) is 0 Å². The van der Waals surface area contributed by atoms with Gasteiger partial charge in [-0.05, 0) is 49.9 Å². The molecule has 0 amide bonds. The molecule has 1 heteroatoms. The van der Waals surface area contributed by atoms with Gasteiger partial charge in [0.2, 0.25) is 0 Å². The molecule has 0 nitrogen and oxygen atoms in total. The Labute approximate surface area is 97.5 Å². The Hall–Kier alpha value is -0.430. The summed E-state index contributed by atoms with van der Waals surface area (Å²) in [5.74, 6) is 0. The zero-order valence-electron chi connectivity index (χ0n) is 9.75. The third kappa shape index (κ3) is 3.27. The molecule has 0 heterocycles. The molecule has 1 aromatic carbocycles. The number of hydrogen-bond acceptors (Lipinski definition) is 1. The Kier molecular flexibility index (Phi) is 3.74. The number of aryl methyl sites for hydroxylation is 2. The van der Waals surface area contributed by atoms with E-state index in [1.54, 1.807) is 0 Å². The molecular formula is C14H20S. The molecule has 0 saturated heterocycles. The maximum Gasteiger partial charge on any atom is 0.00944 e. The standard InChI is InChI=1S/C14H20S/c1-11-8-12(2)10-14(9-11)15-13-6-4-3-5-7-13/h8-10,13H,3-7H2,1-2H3. The Morgan fingerprint density at radius 2 is 1.53 bits per heavy atom. The second kappa shape index (κ2) is 5.07. The van der Waals surface area contributed by atoms with Crippen molar-refractivity contribution in [2.45, 2.75) is 56.1 Å². The van der Waals surface area contributed by atoms with Crippen LogP contribution in [0.2, 0.25) is 0 Å². The fourth-order valence-electron chi connectivity index (χ4n) is 2.38. The number of hydrogen-bond donors (Lipinski definition) is 0. The first kappa shape index (κ1) is 11.1. The Bertz CT molecular complexity index is 304. The van der Waals surface area contributed by atoms with Gasteiger partial charge in [0.1, 0.15) is 0 Å². The first-order valence-electron chi connectivity index (χ1n) is 5.99. The Morgan fingerprint density at radius 3 is 2.13 bits per heavy atom. The fourth-order valence-corrected chi connectivity index (χ4v) is 3.84. The molecule has 0 unspecified atom stereocenters. The van der Waals surface area contributed by atoms with Gasteiger partial charge in [0.05, 0.1) is 0 Å². The van der Waals surface area contributed by atoms with Crippen LogP contribution >= 0.6 is 11.8 Å². The SMILES string of the molecule is Cc1cc(C)cc(SC2CCCCC2)c1. The van der Waals surface area contributed by atoms with Gasteiger partial charge in [-0.2, -0.15) is 0 Å². The summed E-state index contributed by atoms with van der Waals surface area (Å²) in [6.07, 6.45) is 7.14. The van der Waals surface area contributed by atoms with Gasteiger partial charge in [0.15, 0.2) is 0 Å². The molecule has 0 aromatic heterocycles. The predicted octanol–water partition coefficient (Wildman–Crippen LogP) is 4.73. The lowest BCUT2D eigenvalue weighted by molar-refractivity contribution is 0.516. The van der Waals surface area contributed by atoms with E-state index in [0.29, 0.717) is 0 Å². The highest BCUT2D eigenvalue weighted by molar-refractivity contribution is 8.00. The van der Waals surface area contributed by atoms with Crippen LogP contribution in [-0.4, -0.2) is 5.25 Å². The summed E-state index contributed by atoms with van der Waals surface area (Å²) in [5.41, 5.74) is 2.79. The maximum atomic E-state index is 2.33. The highest BCUT2D eigenvalue weighted by atomic mass is 32.2. The summed E-state index contributed by atoms with van der Waals surface area (Å²) < 4.78 is 0. The van der Waals surface area contributed by atoms with Crippen LogP contribution < -0.4 is 0 Å². The van der Waals surface area contributed by atoms with Crippen LogP contribution in [0.5, 0.6) is 0 Å². The number of benzene rings is 1. The first-order chi connectivity index (χ1) is 7.24. The van der Waals surface area contributed by atoms with E-state index < -0.39 is 0 Å². The minimum Gasteiger partial charge on any atom is -0.123 e. The normalized spacial score (nSPS) is 18.0. The molecule has 0 spiro atoms. The molecule has 1 aliphatic carbocycles. The second-order valence-corrected chi connectivity index (χ2v) is 6.08. The van der Waals surface area contributed by atoms with Gasteiger partial charge in [-0.25, -0.2) is 0 Å². The smallest absolute Gasteiger partial charge is 0.00944 e. The third-order valence-corrected chi connectivity index (χ3v) is 4.36. The van der Waals surface area contributed by atoms with Crippen molar-refractivity contribution in [2.24, 2.45) is 0 Å². The van der Waals surface area contributed by atoms with Crippen molar-refractivity contribution < 1.29 is 0 Å². The number of thioether (sulfide) groups is 1. The van der Waals surface area contributed by atoms with Crippen LogP contribution in [0.15, 0.2) is 23.1 Å². The summed E-state index contributed by atoms with van der Waals surface area (Å²) in [6, 6.07) is 6.91. The van der Waals surface area contributed by atoms with Crippen molar-refractivity contribution in [3.63, 3.8) is 0 Å². The summed E-state index contributed by atoms with van der Waals surface area (Å²) in [5, 5.41) is 0.875. The average molecular weight is 220 g/mol. The van der Waals surface area contributed by atoms with Crippen molar-refractivity contribution in [3.05, 3.63) is 29.3 Å². The Balaban J connectivity index is 2.02. The van der Waals surface area contributed by atoms with Gasteiger partial charge < -0.3 is 0 Å². The van der Waals surface area contributed by atoms with E-state index in [4.69, 9.17) is 0 Å². The van der Waals surface area contributed by atoms with Crippen LogP contribution in [0, 0.1) is 13.8 Å². The summed E-state index contributed by atoms with van der Waals surface area (Å²) >= 11 is 2.09. The van der Waals surface area contributed by atoms with Crippen LogP contribution in [0.1, 0.15) is 43.2 Å². The molecule has 1 aromatic rings. The molecular weight excluding hydrogens is 200 g/mol. The zero-order valence-corrected chi connectivity index (χ0v) is 10.6. The number of rotatable bonds is 2. The lowest BCUT2D eigenvalue weighted by atomic mass is 10.0. The van der Waals surface area contributed by atoms with Crippen LogP contribution in [0.3, 0.4) is 0 Å². The summed E-state index contributed by atoms with van der Waals surface area (Å²) in [7, 11) is 0. The largest absolute Gasteiger partial charge is 0.123 e. The van der Waals surface area contributed by atoms with E-state index in [-0.39, 0.29) is 0 Å². The van der Waals surface area contributed by atoms with Gasteiger partial charge >= 0.3 is 0 Å². The lowest BCUT2D eigenvalue weighted by Crippen LogP contribution is -2.07. The molecule has 0 aliphatic heterocycles. The summed E-state index contributed by atoms with van der Waals surface area (Å²) in [4.78, 5) is 1.47. The highest BCUT2D eigenvalue weighted by Gasteiger charge is 2.14. The van der Waals surface area contributed by atoms with Gasteiger partial charge in [0, 0.05) is 10.1 Å². The molecule has 1 aliphatic rings. The molecule has 0 bridgehead atoms. The van der Waals surface area contributed by atoms with E-state index in [2.05, 4.69) is 43.8 Å². The topological polar surface area (TPSA) is 0 Å². The summed E-state index contributed by atoms with van der Waals surface area (Å²) in [6.45, 7) is 4.38.